The van der Waals surface area contributed by atoms with Crippen molar-refractivity contribution in [3.8, 4) is 0 Å². The topological polar surface area (TPSA) is 62.6 Å². The number of hydrogen-bond donors (Lipinski definition) is 1. The van der Waals surface area contributed by atoms with Gasteiger partial charge < -0.3 is 14.6 Å². The Bertz CT molecular complexity index is 577. The standard InChI is InChI=1S/C18H24N2O3/c21-17(16-9-5-11-23-16)19-12-14-6-4-10-20(13-14)18(22)15-7-2-1-3-8-15/h5,7,9,11,14H,1-4,6,8,10,12-13H2,(H,19,21). The van der Waals surface area contributed by atoms with E-state index in [1.54, 1.807) is 12.1 Å². The van der Waals surface area contributed by atoms with Crippen LogP contribution in [0.25, 0.3) is 0 Å². The lowest BCUT2D eigenvalue weighted by molar-refractivity contribution is -0.129. The molecule has 2 amide bonds. The van der Waals surface area contributed by atoms with Crippen molar-refractivity contribution in [3.63, 3.8) is 0 Å². The minimum atomic E-state index is -0.187. The normalized spacial score (nSPS) is 21.7. The van der Waals surface area contributed by atoms with Gasteiger partial charge in [-0.25, -0.2) is 0 Å². The van der Waals surface area contributed by atoms with E-state index in [1.165, 1.54) is 12.7 Å². The largest absolute Gasteiger partial charge is 0.459 e. The van der Waals surface area contributed by atoms with Crippen molar-refractivity contribution in [2.45, 2.75) is 38.5 Å². The molecule has 2 aliphatic rings. The predicted molar refractivity (Wildman–Crippen MR) is 86.9 cm³/mol. The Morgan fingerprint density at radius 2 is 2.22 bits per heavy atom. The Morgan fingerprint density at radius 3 is 2.96 bits per heavy atom. The number of furan rings is 1. The molecule has 0 aromatic carbocycles. The van der Waals surface area contributed by atoms with Crippen LogP contribution in [-0.4, -0.2) is 36.3 Å². The summed E-state index contributed by atoms with van der Waals surface area (Å²) in [4.78, 5) is 26.5. The molecule has 0 radical (unpaired) electrons. The van der Waals surface area contributed by atoms with Crippen molar-refractivity contribution in [3.05, 3.63) is 35.8 Å². The number of carbonyl (C=O) groups is 2. The zero-order chi connectivity index (χ0) is 16.1. The first-order valence-corrected chi connectivity index (χ1v) is 8.54. The molecule has 0 spiro atoms. The molecule has 0 bridgehead atoms. The van der Waals surface area contributed by atoms with E-state index in [-0.39, 0.29) is 11.8 Å². The third-order valence-electron chi connectivity index (χ3n) is 4.67. The summed E-state index contributed by atoms with van der Waals surface area (Å²) in [6.45, 7) is 2.15. The molecule has 0 saturated carbocycles. The summed E-state index contributed by atoms with van der Waals surface area (Å²) in [6, 6.07) is 3.36. The Balaban J connectivity index is 1.51. The number of carbonyl (C=O) groups excluding carboxylic acids is 2. The van der Waals surface area contributed by atoms with Crippen molar-refractivity contribution in [1.29, 1.82) is 0 Å². The maximum atomic E-state index is 12.6. The van der Waals surface area contributed by atoms with E-state index in [0.717, 1.165) is 50.8 Å². The Labute approximate surface area is 136 Å². The van der Waals surface area contributed by atoms with Gasteiger partial charge in [-0.05, 0) is 56.6 Å². The van der Waals surface area contributed by atoms with E-state index in [4.69, 9.17) is 4.42 Å². The number of nitrogens with one attached hydrogen (secondary N) is 1. The van der Waals surface area contributed by atoms with Gasteiger partial charge in [0.1, 0.15) is 0 Å². The molecule has 1 aromatic rings. The molecule has 1 fully saturated rings. The smallest absolute Gasteiger partial charge is 0.286 e. The fraction of sp³-hybridized carbons (Fsp3) is 0.556. The molecule has 1 aliphatic heterocycles. The second-order valence-electron chi connectivity index (χ2n) is 6.42. The van der Waals surface area contributed by atoms with Crippen molar-refractivity contribution < 1.29 is 14.0 Å². The van der Waals surface area contributed by atoms with Gasteiger partial charge in [-0.15, -0.1) is 0 Å². The number of likely N-dealkylation sites (tertiary alicyclic amines) is 1. The SMILES string of the molecule is O=C(NCC1CCCN(C(=O)C2=CCCCC2)C1)c1ccco1. The van der Waals surface area contributed by atoms with Crippen molar-refractivity contribution in [2.75, 3.05) is 19.6 Å². The maximum absolute atomic E-state index is 12.6. The van der Waals surface area contributed by atoms with E-state index in [9.17, 15) is 9.59 Å². The average molecular weight is 316 g/mol. The molecule has 5 nitrogen and oxygen atoms in total. The van der Waals surface area contributed by atoms with Gasteiger partial charge in [0.15, 0.2) is 5.76 Å². The number of hydrogen-bond acceptors (Lipinski definition) is 3. The molecule has 1 aliphatic carbocycles. The molecule has 23 heavy (non-hydrogen) atoms. The van der Waals surface area contributed by atoms with Crippen LogP contribution >= 0.6 is 0 Å². The monoisotopic (exact) mass is 316 g/mol. The van der Waals surface area contributed by atoms with Gasteiger partial charge in [0.25, 0.3) is 5.91 Å². The average Bonchev–Trinajstić information content (AvgIpc) is 3.15. The highest BCUT2D eigenvalue weighted by molar-refractivity contribution is 5.93. The van der Waals surface area contributed by atoms with Gasteiger partial charge in [0.05, 0.1) is 6.26 Å². The van der Waals surface area contributed by atoms with Crippen molar-refractivity contribution >= 4 is 11.8 Å². The second kappa shape index (κ2) is 7.49. The summed E-state index contributed by atoms with van der Waals surface area (Å²) in [5, 5.41) is 2.91. The van der Waals surface area contributed by atoms with Gasteiger partial charge >= 0.3 is 0 Å². The molecule has 5 heteroatoms. The van der Waals surface area contributed by atoms with Gasteiger partial charge in [-0.2, -0.15) is 0 Å². The van der Waals surface area contributed by atoms with Crippen LogP contribution in [0, 0.1) is 5.92 Å². The molecule has 1 atom stereocenters. The molecule has 1 saturated heterocycles. The van der Waals surface area contributed by atoms with Gasteiger partial charge in [0.2, 0.25) is 5.91 Å². The summed E-state index contributed by atoms with van der Waals surface area (Å²) in [5.74, 6) is 0.664. The van der Waals surface area contributed by atoms with E-state index in [2.05, 4.69) is 11.4 Å². The number of rotatable bonds is 4. The van der Waals surface area contributed by atoms with Crippen molar-refractivity contribution in [2.24, 2.45) is 5.92 Å². The molecule has 1 aromatic heterocycles. The highest BCUT2D eigenvalue weighted by Gasteiger charge is 2.26. The predicted octanol–water partition coefficient (Wildman–Crippen LogP) is 2.75. The van der Waals surface area contributed by atoms with Gasteiger partial charge in [0, 0.05) is 25.2 Å². The number of nitrogens with zero attached hydrogens (tertiary/aromatic N) is 1. The first-order valence-electron chi connectivity index (χ1n) is 8.54. The molecular weight excluding hydrogens is 292 g/mol. The van der Waals surface area contributed by atoms with E-state index < -0.39 is 0 Å². The van der Waals surface area contributed by atoms with Gasteiger partial charge in [-0.1, -0.05) is 6.08 Å². The Kier molecular flexibility index (Phi) is 5.16. The number of allylic oxidation sites excluding steroid dienone is 1. The fourth-order valence-electron chi connectivity index (χ4n) is 3.38. The van der Waals surface area contributed by atoms with E-state index in [1.807, 2.05) is 4.90 Å². The van der Waals surface area contributed by atoms with Gasteiger partial charge in [-0.3, -0.25) is 9.59 Å². The summed E-state index contributed by atoms with van der Waals surface area (Å²) in [7, 11) is 0. The summed E-state index contributed by atoms with van der Waals surface area (Å²) in [5.41, 5.74) is 0.983. The Hall–Kier alpha value is -2.04. The third kappa shape index (κ3) is 4.03. The summed E-state index contributed by atoms with van der Waals surface area (Å²) < 4.78 is 5.09. The highest BCUT2D eigenvalue weighted by atomic mass is 16.3. The molecular formula is C18H24N2O3. The van der Waals surface area contributed by atoms with Crippen LogP contribution < -0.4 is 5.32 Å². The molecule has 1 unspecified atom stereocenters. The molecule has 2 heterocycles. The zero-order valence-corrected chi connectivity index (χ0v) is 13.4. The summed E-state index contributed by atoms with van der Waals surface area (Å²) in [6.07, 6.45) is 9.89. The second-order valence-corrected chi connectivity index (χ2v) is 6.42. The quantitative estimate of drug-likeness (QED) is 0.929. The lowest BCUT2D eigenvalue weighted by Gasteiger charge is -2.34. The highest BCUT2D eigenvalue weighted by Crippen LogP contribution is 2.23. The summed E-state index contributed by atoms with van der Waals surface area (Å²) >= 11 is 0. The lowest BCUT2D eigenvalue weighted by atomic mass is 9.94. The van der Waals surface area contributed by atoms with Crippen LogP contribution in [-0.2, 0) is 4.79 Å². The number of amides is 2. The molecule has 1 N–H and O–H groups in total. The number of piperidine rings is 1. The van der Waals surface area contributed by atoms with E-state index >= 15 is 0 Å². The maximum Gasteiger partial charge on any atom is 0.286 e. The van der Waals surface area contributed by atoms with Crippen LogP contribution in [0.3, 0.4) is 0 Å². The Morgan fingerprint density at radius 1 is 1.30 bits per heavy atom. The molecule has 124 valence electrons. The fourth-order valence-corrected chi connectivity index (χ4v) is 3.38. The van der Waals surface area contributed by atoms with Crippen LogP contribution in [0.15, 0.2) is 34.5 Å². The van der Waals surface area contributed by atoms with Crippen LogP contribution in [0.4, 0.5) is 0 Å². The zero-order valence-electron chi connectivity index (χ0n) is 13.4. The lowest BCUT2D eigenvalue weighted by Crippen LogP contribution is -2.44. The third-order valence-corrected chi connectivity index (χ3v) is 4.67. The van der Waals surface area contributed by atoms with E-state index in [0.29, 0.717) is 18.2 Å². The minimum absolute atomic E-state index is 0.187. The molecule has 3 rings (SSSR count). The first-order chi connectivity index (χ1) is 11.2. The van der Waals surface area contributed by atoms with Crippen LogP contribution in [0.2, 0.25) is 0 Å². The van der Waals surface area contributed by atoms with Crippen molar-refractivity contribution in [1.82, 2.24) is 10.2 Å². The van der Waals surface area contributed by atoms with Crippen LogP contribution in [0.5, 0.6) is 0 Å². The first kappa shape index (κ1) is 15.8. The van der Waals surface area contributed by atoms with Crippen LogP contribution in [0.1, 0.15) is 49.1 Å². The minimum Gasteiger partial charge on any atom is -0.459 e.